The minimum atomic E-state index is 0.164. The van der Waals surface area contributed by atoms with Crippen molar-refractivity contribution < 1.29 is 4.74 Å². The average Bonchev–Trinajstić information content (AvgIpc) is 2.95. The van der Waals surface area contributed by atoms with E-state index in [2.05, 4.69) is 65.1 Å². The van der Waals surface area contributed by atoms with Gasteiger partial charge in [0.05, 0.1) is 18.2 Å². The first-order valence-corrected chi connectivity index (χ1v) is 14.7. The number of rotatable bonds is 7. The summed E-state index contributed by atoms with van der Waals surface area (Å²) in [6, 6.07) is 4.40. The van der Waals surface area contributed by atoms with Crippen molar-refractivity contribution in [3.63, 3.8) is 0 Å². The van der Waals surface area contributed by atoms with E-state index in [4.69, 9.17) is 20.4 Å². The van der Waals surface area contributed by atoms with E-state index in [1.165, 1.54) is 24.8 Å². The maximum Gasteiger partial charge on any atom is 0.227 e. The molecule has 2 fully saturated rings. The molecule has 7 heteroatoms. The zero-order valence-electron chi connectivity index (χ0n) is 23.9. The number of hydrogen-bond acceptors (Lipinski definition) is 7. The second-order valence-electron chi connectivity index (χ2n) is 11.7. The first kappa shape index (κ1) is 27.5. The molecule has 2 aliphatic heterocycles. The zero-order chi connectivity index (χ0) is 27.2. The number of nitrogens with two attached hydrogens (primary N) is 1. The number of nitrogens with one attached hydrogen (secondary N) is 1. The van der Waals surface area contributed by atoms with E-state index in [1.807, 2.05) is 6.07 Å². The predicted molar refractivity (Wildman–Crippen MR) is 161 cm³/mol. The van der Waals surface area contributed by atoms with Gasteiger partial charge in [0.2, 0.25) is 5.95 Å². The lowest BCUT2D eigenvalue weighted by Gasteiger charge is -2.46. The quantitative estimate of drug-likeness (QED) is 0.475. The first-order chi connectivity index (χ1) is 19.0. The lowest BCUT2D eigenvalue weighted by Crippen LogP contribution is -2.54. The summed E-state index contributed by atoms with van der Waals surface area (Å²) in [5.74, 6) is 8.84. The third-order valence-corrected chi connectivity index (χ3v) is 8.32. The lowest BCUT2D eigenvalue weighted by atomic mass is 9.87. The van der Waals surface area contributed by atoms with Crippen LogP contribution in [0.3, 0.4) is 0 Å². The van der Waals surface area contributed by atoms with E-state index < -0.39 is 0 Å². The Hall–Kier alpha value is -3.08. The highest BCUT2D eigenvalue weighted by Gasteiger charge is 2.35. The van der Waals surface area contributed by atoms with Crippen LogP contribution in [0.25, 0.3) is 10.9 Å². The van der Waals surface area contributed by atoms with Crippen molar-refractivity contribution in [2.24, 2.45) is 5.73 Å². The molecule has 0 unspecified atom stereocenters. The number of fused-ring (bicyclic) bond motifs is 1. The molecule has 1 aromatic heterocycles. The van der Waals surface area contributed by atoms with Crippen LogP contribution in [0.5, 0.6) is 5.75 Å². The van der Waals surface area contributed by atoms with E-state index in [9.17, 15) is 0 Å². The number of likely N-dealkylation sites (tertiary alicyclic amines) is 1. The number of benzene rings is 1. The van der Waals surface area contributed by atoms with Gasteiger partial charge in [0, 0.05) is 56.1 Å². The number of allylic oxidation sites excluding steroid dienone is 2. The van der Waals surface area contributed by atoms with Gasteiger partial charge in [-0.05, 0) is 76.5 Å². The predicted octanol–water partition coefficient (Wildman–Crippen LogP) is 5.26. The van der Waals surface area contributed by atoms with E-state index in [-0.39, 0.29) is 5.54 Å². The molecule has 208 valence electrons. The van der Waals surface area contributed by atoms with Crippen molar-refractivity contribution in [2.45, 2.75) is 76.8 Å². The molecule has 1 aromatic carbocycles. The van der Waals surface area contributed by atoms with Crippen molar-refractivity contribution in [1.29, 1.82) is 0 Å². The second kappa shape index (κ2) is 12.4. The first-order valence-electron chi connectivity index (χ1n) is 14.7. The Kier molecular flexibility index (Phi) is 8.74. The molecular weight excluding hydrogens is 484 g/mol. The van der Waals surface area contributed by atoms with Gasteiger partial charge in [0.1, 0.15) is 11.6 Å². The number of ether oxygens (including phenoxy) is 1. The molecule has 7 nitrogen and oxygen atoms in total. The van der Waals surface area contributed by atoms with E-state index >= 15 is 0 Å². The number of aromatic nitrogens is 2. The largest absolute Gasteiger partial charge is 0.495 e. The Balaban J connectivity index is 1.48. The summed E-state index contributed by atoms with van der Waals surface area (Å²) in [7, 11) is 1.70. The van der Waals surface area contributed by atoms with Gasteiger partial charge in [-0.1, -0.05) is 30.1 Å². The van der Waals surface area contributed by atoms with Crippen molar-refractivity contribution in [1.82, 2.24) is 14.9 Å². The summed E-state index contributed by atoms with van der Waals surface area (Å²) >= 11 is 0. The molecule has 39 heavy (non-hydrogen) atoms. The summed E-state index contributed by atoms with van der Waals surface area (Å²) in [6.45, 7) is 9.26. The minimum Gasteiger partial charge on any atom is -0.495 e. The van der Waals surface area contributed by atoms with Crippen LogP contribution in [0.4, 0.5) is 11.8 Å². The highest BCUT2D eigenvalue weighted by atomic mass is 16.5. The molecule has 0 radical (unpaired) electrons. The molecular formula is C32H44N6O. The normalized spacial score (nSPS) is 21.3. The Morgan fingerprint density at radius 1 is 1.15 bits per heavy atom. The van der Waals surface area contributed by atoms with Crippen LogP contribution < -0.4 is 20.7 Å². The lowest BCUT2D eigenvalue weighted by molar-refractivity contribution is 0.0810. The summed E-state index contributed by atoms with van der Waals surface area (Å²) in [5, 5.41) is 4.84. The molecule has 3 N–H and O–H groups in total. The molecule has 5 rings (SSSR count). The number of piperidine rings is 2. The molecule has 0 amide bonds. The van der Waals surface area contributed by atoms with Crippen molar-refractivity contribution in [3.05, 3.63) is 41.5 Å². The van der Waals surface area contributed by atoms with E-state index in [0.717, 1.165) is 85.8 Å². The fraction of sp³-hybridized carbons (Fsp3) is 0.562. The Morgan fingerprint density at radius 3 is 2.74 bits per heavy atom. The standard InChI is InChI=1S/C32H44N6O/c1-32(2)16-15-26(23-38(32)22-24-12-6-4-7-13-24)34-30-27-21-29(39-3)25(14-8-9-17-33)20-28(27)35-31(36-30)37-18-10-5-11-19-37/h6,12-13,20-21,26H,4-5,7,9-11,15-19,22-23,33H2,1-3H3,(H,34,35,36)/t26-/m1/s1. The fourth-order valence-corrected chi connectivity index (χ4v) is 5.87. The van der Waals surface area contributed by atoms with Crippen LogP contribution in [0.2, 0.25) is 0 Å². The number of hydrogen-bond donors (Lipinski definition) is 2. The highest BCUT2D eigenvalue weighted by Crippen LogP contribution is 2.34. The Bertz CT molecular complexity index is 1280. The topological polar surface area (TPSA) is 79.5 Å². The Morgan fingerprint density at radius 2 is 2.00 bits per heavy atom. The van der Waals surface area contributed by atoms with Gasteiger partial charge in [-0.2, -0.15) is 4.98 Å². The van der Waals surface area contributed by atoms with Gasteiger partial charge in [0.15, 0.2) is 0 Å². The van der Waals surface area contributed by atoms with Crippen molar-refractivity contribution in [2.75, 3.05) is 50.1 Å². The Labute approximate surface area is 233 Å². The summed E-state index contributed by atoms with van der Waals surface area (Å²) in [5.41, 5.74) is 9.00. The van der Waals surface area contributed by atoms with Gasteiger partial charge in [0.25, 0.3) is 0 Å². The molecule has 3 aliphatic rings. The van der Waals surface area contributed by atoms with Crippen LogP contribution in [-0.4, -0.2) is 66.3 Å². The fourth-order valence-electron chi connectivity index (χ4n) is 5.87. The molecule has 1 atom stereocenters. The van der Waals surface area contributed by atoms with Crippen LogP contribution in [-0.2, 0) is 0 Å². The van der Waals surface area contributed by atoms with Gasteiger partial charge in [-0.15, -0.1) is 0 Å². The van der Waals surface area contributed by atoms with E-state index in [0.29, 0.717) is 19.0 Å². The highest BCUT2D eigenvalue weighted by molar-refractivity contribution is 5.93. The summed E-state index contributed by atoms with van der Waals surface area (Å²) in [4.78, 5) is 15.1. The number of methoxy groups -OCH3 is 1. The van der Waals surface area contributed by atoms with Crippen LogP contribution in [0.15, 0.2) is 35.9 Å². The molecule has 0 spiro atoms. The van der Waals surface area contributed by atoms with Crippen LogP contribution in [0.1, 0.15) is 70.8 Å². The second-order valence-corrected chi connectivity index (χ2v) is 11.7. The van der Waals surface area contributed by atoms with Crippen LogP contribution in [0, 0.1) is 11.8 Å². The van der Waals surface area contributed by atoms with Crippen molar-refractivity contribution >= 4 is 22.7 Å². The maximum absolute atomic E-state index is 5.76. The van der Waals surface area contributed by atoms with E-state index in [1.54, 1.807) is 7.11 Å². The van der Waals surface area contributed by atoms with Crippen molar-refractivity contribution in [3.8, 4) is 17.6 Å². The summed E-state index contributed by atoms with van der Waals surface area (Å²) < 4.78 is 5.76. The average molecular weight is 529 g/mol. The SMILES string of the molecule is COc1cc2c(N[C@@H]3CCC(C)(C)N(CC4=CCCC=C4)C3)nc(N3CCCCC3)nc2cc1C#CCCN. The third-order valence-electron chi connectivity index (χ3n) is 8.32. The maximum atomic E-state index is 5.76. The monoisotopic (exact) mass is 528 g/mol. The molecule has 2 saturated heterocycles. The summed E-state index contributed by atoms with van der Waals surface area (Å²) in [6.07, 6.45) is 15.8. The minimum absolute atomic E-state index is 0.164. The third kappa shape index (κ3) is 6.57. The zero-order valence-corrected chi connectivity index (χ0v) is 23.9. The van der Waals surface area contributed by atoms with Gasteiger partial charge in [-0.3, -0.25) is 4.90 Å². The van der Waals surface area contributed by atoms with Gasteiger partial charge >= 0.3 is 0 Å². The number of anilines is 2. The molecule has 2 aromatic rings. The molecule has 0 bridgehead atoms. The smallest absolute Gasteiger partial charge is 0.227 e. The molecule has 3 heterocycles. The molecule has 0 saturated carbocycles. The van der Waals surface area contributed by atoms with Gasteiger partial charge in [-0.25, -0.2) is 4.98 Å². The van der Waals surface area contributed by atoms with Gasteiger partial charge < -0.3 is 20.7 Å². The molecule has 1 aliphatic carbocycles. The van der Waals surface area contributed by atoms with Crippen LogP contribution >= 0.6 is 0 Å². The number of nitrogens with zero attached hydrogens (tertiary/aromatic N) is 4.